The molecule has 2 heterocycles. The molecule has 3 N–H and O–H groups in total. The van der Waals surface area contributed by atoms with Gasteiger partial charge in [0.2, 0.25) is 5.91 Å². The molecular weight excluding hydrogens is 234 g/mol. The van der Waals surface area contributed by atoms with Gasteiger partial charge in [-0.25, -0.2) is 4.68 Å². The van der Waals surface area contributed by atoms with Gasteiger partial charge >= 0.3 is 0 Å². The maximum absolute atomic E-state index is 11.9. The Kier molecular flexibility index (Phi) is 3.63. The van der Waals surface area contributed by atoms with Gasteiger partial charge in [0.05, 0.1) is 23.5 Å². The van der Waals surface area contributed by atoms with Gasteiger partial charge in [-0.2, -0.15) is 0 Å². The highest BCUT2D eigenvalue weighted by Gasteiger charge is 2.38. The zero-order valence-electron chi connectivity index (χ0n) is 10.7. The van der Waals surface area contributed by atoms with Gasteiger partial charge in [0.15, 0.2) is 0 Å². The van der Waals surface area contributed by atoms with Crippen molar-refractivity contribution in [1.29, 1.82) is 0 Å². The summed E-state index contributed by atoms with van der Waals surface area (Å²) in [6, 6.07) is 0. The Hall–Kier alpha value is -1.47. The lowest BCUT2D eigenvalue weighted by molar-refractivity contribution is -0.124. The molecule has 1 aliphatic heterocycles. The van der Waals surface area contributed by atoms with Gasteiger partial charge in [-0.3, -0.25) is 4.79 Å². The molecule has 0 aliphatic carbocycles. The second-order valence-corrected chi connectivity index (χ2v) is 4.84. The molecule has 18 heavy (non-hydrogen) atoms. The minimum atomic E-state index is -0.297. The molecule has 0 aromatic carbocycles. The lowest BCUT2D eigenvalue weighted by atomic mass is 9.95. The van der Waals surface area contributed by atoms with E-state index in [0.29, 0.717) is 18.8 Å². The molecule has 7 nitrogen and oxygen atoms in total. The number of carbonyl (C=O) groups excluding carboxylic acids is 1. The number of ether oxygens (including phenoxy) is 1. The largest absolute Gasteiger partial charge is 0.376 e. The molecule has 7 heteroatoms. The minimum Gasteiger partial charge on any atom is -0.376 e. The van der Waals surface area contributed by atoms with Crippen LogP contribution < -0.4 is 11.1 Å². The Morgan fingerprint density at radius 3 is 3.11 bits per heavy atom. The van der Waals surface area contributed by atoms with Crippen LogP contribution in [0.3, 0.4) is 0 Å². The predicted molar refractivity (Wildman–Crippen MR) is 64.5 cm³/mol. The van der Waals surface area contributed by atoms with Crippen molar-refractivity contribution in [1.82, 2.24) is 20.3 Å². The van der Waals surface area contributed by atoms with E-state index in [0.717, 1.165) is 6.42 Å². The van der Waals surface area contributed by atoms with Crippen molar-refractivity contribution in [3.8, 4) is 0 Å². The lowest BCUT2D eigenvalue weighted by Gasteiger charge is -2.28. The van der Waals surface area contributed by atoms with Crippen LogP contribution >= 0.6 is 0 Å². The number of nitrogens with zero attached hydrogens (tertiary/aromatic N) is 3. The van der Waals surface area contributed by atoms with E-state index in [2.05, 4.69) is 15.6 Å². The van der Waals surface area contributed by atoms with Crippen molar-refractivity contribution in [3.63, 3.8) is 0 Å². The van der Waals surface area contributed by atoms with Gasteiger partial charge < -0.3 is 15.8 Å². The standard InChI is InChI=1S/C11H19N5O2/c1-8-11(2,3-4-18-8)13-10(17)7-16-6-9(5-12)14-15-16/h6,8H,3-5,7,12H2,1-2H3,(H,13,17). The number of amides is 1. The fourth-order valence-corrected chi connectivity index (χ4v) is 2.01. The molecule has 0 saturated carbocycles. The molecule has 1 saturated heterocycles. The van der Waals surface area contributed by atoms with Crippen LogP contribution in [-0.4, -0.2) is 39.2 Å². The maximum atomic E-state index is 11.9. The van der Waals surface area contributed by atoms with Crippen LogP contribution in [0.15, 0.2) is 6.20 Å². The van der Waals surface area contributed by atoms with Crippen LogP contribution in [0.2, 0.25) is 0 Å². The third kappa shape index (κ3) is 2.68. The fourth-order valence-electron chi connectivity index (χ4n) is 2.01. The number of nitrogens with one attached hydrogen (secondary N) is 1. The predicted octanol–water partition coefficient (Wildman–Crippen LogP) is -0.579. The molecule has 2 rings (SSSR count). The highest BCUT2D eigenvalue weighted by molar-refractivity contribution is 5.76. The summed E-state index contributed by atoms with van der Waals surface area (Å²) < 4.78 is 6.96. The summed E-state index contributed by atoms with van der Waals surface area (Å²) in [7, 11) is 0. The molecule has 0 bridgehead atoms. The third-order valence-electron chi connectivity index (χ3n) is 3.41. The van der Waals surface area contributed by atoms with Crippen LogP contribution in [0.25, 0.3) is 0 Å². The molecule has 2 atom stereocenters. The van der Waals surface area contributed by atoms with E-state index in [-0.39, 0.29) is 24.1 Å². The van der Waals surface area contributed by atoms with E-state index < -0.39 is 0 Å². The molecule has 1 aromatic heterocycles. The van der Waals surface area contributed by atoms with E-state index >= 15 is 0 Å². The maximum Gasteiger partial charge on any atom is 0.242 e. The Morgan fingerprint density at radius 2 is 2.56 bits per heavy atom. The molecule has 2 unspecified atom stereocenters. The SMILES string of the molecule is CC1OCCC1(C)NC(=O)Cn1cc(CN)nn1. The Bertz CT molecular complexity index is 433. The van der Waals surface area contributed by atoms with Gasteiger partial charge in [0.25, 0.3) is 0 Å². The normalized spacial score (nSPS) is 27.4. The Labute approximate surface area is 106 Å². The van der Waals surface area contributed by atoms with Crippen LogP contribution in [0.5, 0.6) is 0 Å². The molecule has 0 spiro atoms. The molecule has 1 fully saturated rings. The number of rotatable bonds is 4. The van der Waals surface area contributed by atoms with Crippen LogP contribution in [-0.2, 0) is 22.6 Å². The zero-order valence-corrected chi connectivity index (χ0v) is 10.7. The topological polar surface area (TPSA) is 95.1 Å². The van der Waals surface area contributed by atoms with Gasteiger partial charge in [-0.15, -0.1) is 5.10 Å². The first-order valence-electron chi connectivity index (χ1n) is 6.05. The summed E-state index contributed by atoms with van der Waals surface area (Å²) in [5, 5.41) is 10.7. The highest BCUT2D eigenvalue weighted by atomic mass is 16.5. The average molecular weight is 253 g/mol. The molecule has 100 valence electrons. The summed E-state index contributed by atoms with van der Waals surface area (Å²) in [6.45, 7) is 5.11. The summed E-state index contributed by atoms with van der Waals surface area (Å²) >= 11 is 0. The van der Waals surface area contributed by atoms with Crippen molar-refractivity contribution < 1.29 is 9.53 Å². The summed E-state index contributed by atoms with van der Waals surface area (Å²) in [4.78, 5) is 11.9. The van der Waals surface area contributed by atoms with E-state index in [1.54, 1.807) is 6.20 Å². The zero-order chi connectivity index (χ0) is 13.2. The van der Waals surface area contributed by atoms with E-state index in [9.17, 15) is 4.79 Å². The van der Waals surface area contributed by atoms with Gasteiger partial charge in [0, 0.05) is 13.2 Å². The van der Waals surface area contributed by atoms with Crippen molar-refractivity contribution in [3.05, 3.63) is 11.9 Å². The van der Waals surface area contributed by atoms with Crippen molar-refractivity contribution >= 4 is 5.91 Å². The van der Waals surface area contributed by atoms with E-state index in [4.69, 9.17) is 10.5 Å². The first-order valence-corrected chi connectivity index (χ1v) is 6.05. The Balaban J connectivity index is 1.92. The first kappa shape index (κ1) is 13.0. The molecule has 1 aromatic rings. The van der Waals surface area contributed by atoms with Gasteiger partial charge in [-0.05, 0) is 20.3 Å². The van der Waals surface area contributed by atoms with Gasteiger partial charge in [-0.1, -0.05) is 5.21 Å². The van der Waals surface area contributed by atoms with Crippen LogP contribution in [0.1, 0.15) is 26.0 Å². The van der Waals surface area contributed by atoms with E-state index in [1.807, 2.05) is 13.8 Å². The summed E-state index contributed by atoms with van der Waals surface area (Å²) in [5.41, 5.74) is 5.81. The number of hydrogen-bond acceptors (Lipinski definition) is 5. The summed E-state index contributed by atoms with van der Waals surface area (Å²) in [5.74, 6) is -0.0941. The van der Waals surface area contributed by atoms with Crippen molar-refractivity contribution in [2.45, 2.75) is 45.0 Å². The van der Waals surface area contributed by atoms with Crippen LogP contribution in [0, 0.1) is 0 Å². The van der Waals surface area contributed by atoms with E-state index in [1.165, 1.54) is 4.68 Å². The summed E-state index contributed by atoms with van der Waals surface area (Å²) in [6.07, 6.45) is 2.53. The van der Waals surface area contributed by atoms with Gasteiger partial charge in [0.1, 0.15) is 6.54 Å². The fraction of sp³-hybridized carbons (Fsp3) is 0.727. The second kappa shape index (κ2) is 5.03. The average Bonchev–Trinajstić information content (AvgIpc) is 2.87. The number of aromatic nitrogens is 3. The molecule has 0 radical (unpaired) electrons. The molecule has 1 aliphatic rings. The number of carbonyl (C=O) groups is 1. The smallest absolute Gasteiger partial charge is 0.242 e. The number of nitrogens with two attached hydrogens (primary N) is 1. The number of hydrogen-bond donors (Lipinski definition) is 2. The third-order valence-corrected chi connectivity index (χ3v) is 3.41. The quantitative estimate of drug-likeness (QED) is 0.748. The second-order valence-electron chi connectivity index (χ2n) is 4.84. The minimum absolute atomic E-state index is 0.0248. The van der Waals surface area contributed by atoms with Crippen LogP contribution in [0.4, 0.5) is 0 Å². The highest BCUT2D eigenvalue weighted by Crippen LogP contribution is 2.24. The monoisotopic (exact) mass is 253 g/mol. The Morgan fingerprint density at radius 1 is 1.78 bits per heavy atom. The molecule has 1 amide bonds. The van der Waals surface area contributed by atoms with Crippen molar-refractivity contribution in [2.24, 2.45) is 5.73 Å². The first-order chi connectivity index (χ1) is 8.53. The van der Waals surface area contributed by atoms with Crippen molar-refractivity contribution in [2.75, 3.05) is 6.61 Å². The molecular formula is C11H19N5O2. The lowest BCUT2D eigenvalue weighted by Crippen LogP contribution is -2.51.